The van der Waals surface area contributed by atoms with Crippen LogP contribution in [0.3, 0.4) is 0 Å². The normalized spacial score (nSPS) is 12.2. The van der Waals surface area contributed by atoms with Crippen molar-refractivity contribution >= 4 is 23.0 Å². The summed E-state index contributed by atoms with van der Waals surface area (Å²) in [5.41, 5.74) is 5.78. The molecule has 0 aliphatic rings. The summed E-state index contributed by atoms with van der Waals surface area (Å²) >= 11 is 1.35. The molecule has 6 heteroatoms. The first-order chi connectivity index (χ1) is 8.18. The molecule has 0 aliphatic heterocycles. The van der Waals surface area contributed by atoms with Crippen LogP contribution in [0.1, 0.15) is 27.7 Å². The van der Waals surface area contributed by atoms with E-state index in [4.69, 9.17) is 5.73 Å². The molecule has 0 bridgehead atoms. The summed E-state index contributed by atoms with van der Waals surface area (Å²) < 4.78 is 0. The minimum absolute atomic E-state index is 0.0150. The fourth-order valence-electron chi connectivity index (χ4n) is 1.60. The molecule has 3 N–H and O–H groups in total. The number of ketones is 1. The molecule has 0 aromatic carbocycles. The van der Waals surface area contributed by atoms with Crippen LogP contribution < -0.4 is 5.73 Å². The van der Waals surface area contributed by atoms with Crippen LogP contribution in [0.15, 0.2) is 29.8 Å². The van der Waals surface area contributed by atoms with Crippen molar-refractivity contribution in [1.29, 1.82) is 0 Å². The molecule has 1 unspecified atom stereocenters. The summed E-state index contributed by atoms with van der Waals surface area (Å²) in [4.78, 5) is 23.8. The lowest BCUT2D eigenvalue weighted by Gasteiger charge is -2.10. The Labute approximate surface area is 102 Å². The summed E-state index contributed by atoms with van der Waals surface area (Å²) in [5, 5.41) is 8.32. The highest BCUT2D eigenvalue weighted by Gasteiger charge is 2.25. The number of H-pyrrole nitrogens is 1. The number of aromatic nitrogens is 2. The molecule has 1 atom stereocenters. The molecular weight excluding hydrogens is 238 g/mol. The number of Topliss-reactive ketones (excluding diaryl/α,β-unsaturated/α-hetero) is 1. The number of carbonyl (C=O) groups excluding carboxylic acids is 2. The third-order valence-electron chi connectivity index (χ3n) is 2.38. The highest BCUT2D eigenvalue weighted by atomic mass is 32.1. The van der Waals surface area contributed by atoms with Crippen LogP contribution in [-0.2, 0) is 4.79 Å². The molecule has 0 saturated carbocycles. The van der Waals surface area contributed by atoms with Gasteiger partial charge in [-0.2, -0.15) is 5.10 Å². The van der Waals surface area contributed by atoms with Crippen LogP contribution in [-0.4, -0.2) is 21.9 Å². The minimum atomic E-state index is -0.575. The van der Waals surface area contributed by atoms with Crippen molar-refractivity contribution in [1.82, 2.24) is 10.2 Å². The van der Waals surface area contributed by atoms with Gasteiger partial charge in [-0.05, 0) is 17.5 Å². The second-order valence-electron chi connectivity index (χ2n) is 3.58. The summed E-state index contributed by atoms with van der Waals surface area (Å²) in [6.07, 6.45) is 1.53. The van der Waals surface area contributed by atoms with Crippen molar-refractivity contribution < 1.29 is 9.59 Å². The van der Waals surface area contributed by atoms with Gasteiger partial charge in [0, 0.05) is 18.3 Å². The molecule has 0 fully saturated rings. The lowest BCUT2D eigenvalue weighted by Crippen LogP contribution is -2.21. The first kappa shape index (κ1) is 11.5. The lowest BCUT2D eigenvalue weighted by molar-refractivity contribution is -0.118. The third kappa shape index (κ3) is 2.59. The van der Waals surface area contributed by atoms with Crippen LogP contribution >= 0.6 is 11.3 Å². The van der Waals surface area contributed by atoms with E-state index < -0.39 is 11.8 Å². The van der Waals surface area contributed by atoms with Crippen LogP contribution in [0.5, 0.6) is 0 Å². The average Bonchev–Trinajstić information content (AvgIpc) is 2.96. The maximum absolute atomic E-state index is 12.2. The van der Waals surface area contributed by atoms with Crippen molar-refractivity contribution in [3.63, 3.8) is 0 Å². The number of nitrogens with two attached hydrogens (primary N) is 1. The Balaban J connectivity index is 2.28. The predicted octanol–water partition coefficient (Wildman–Crippen LogP) is 1.31. The first-order valence-electron chi connectivity index (χ1n) is 5.04. The number of hydrogen-bond donors (Lipinski definition) is 2. The van der Waals surface area contributed by atoms with Crippen molar-refractivity contribution in [2.75, 3.05) is 0 Å². The van der Waals surface area contributed by atoms with E-state index >= 15 is 0 Å². The Morgan fingerprint density at radius 2 is 2.29 bits per heavy atom. The number of nitrogens with zero attached hydrogens (tertiary/aromatic N) is 1. The molecule has 2 aromatic rings. The smallest absolute Gasteiger partial charge is 0.218 e. The molecule has 0 saturated heterocycles. The summed E-state index contributed by atoms with van der Waals surface area (Å²) in [6, 6.07) is 5.21. The summed E-state index contributed by atoms with van der Waals surface area (Å²) in [7, 11) is 0. The van der Waals surface area contributed by atoms with Crippen molar-refractivity contribution in [2.45, 2.75) is 12.3 Å². The van der Waals surface area contributed by atoms with Gasteiger partial charge < -0.3 is 5.73 Å². The van der Waals surface area contributed by atoms with Crippen molar-refractivity contribution in [2.24, 2.45) is 5.73 Å². The Morgan fingerprint density at radius 3 is 2.82 bits per heavy atom. The zero-order valence-corrected chi connectivity index (χ0v) is 9.74. The van der Waals surface area contributed by atoms with Gasteiger partial charge in [0.1, 0.15) is 0 Å². The second kappa shape index (κ2) is 4.92. The maximum Gasteiger partial charge on any atom is 0.218 e. The molecule has 1 amide bonds. The number of nitrogens with one attached hydrogen (secondary N) is 1. The SMILES string of the molecule is NC(=O)CC(C(=O)c1cccs1)c1ccn[nH]1. The fourth-order valence-corrected chi connectivity index (χ4v) is 2.32. The lowest BCUT2D eigenvalue weighted by atomic mass is 9.95. The van der Waals surface area contributed by atoms with Gasteiger partial charge in [-0.25, -0.2) is 0 Å². The zero-order valence-electron chi connectivity index (χ0n) is 8.92. The zero-order chi connectivity index (χ0) is 12.3. The van der Waals surface area contributed by atoms with E-state index in [1.807, 2.05) is 5.38 Å². The molecule has 0 aliphatic carbocycles. The largest absolute Gasteiger partial charge is 0.370 e. The fraction of sp³-hybridized carbons (Fsp3) is 0.182. The van der Waals surface area contributed by atoms with Crippen LogP contribution in [0.2, 0.25) is 0 Å². The van der Waals surface area contributed by atoms with Gasteiger partial charge >= 0.3 is 0 Å². The maximum atomic E-state index is 12.2. The molecule has 17 heavy (non-hydrogen) atoms. The first-order valence-corrected chi connectivity index (χ1v) is 5.91. The molecule has 0 radical (unpaired) electrons. The standard InChI is InChI=1S/C11H11N3O2S/c12-10(15)6-7(8-3-4-13-14-8)11(16)9-2-1-5-17-9/h1-5,7H,6H2,(H2,12,15)(H,13,14). The van der Waals surface area contributed by atoms with Gasteiger partial charge in [0.05, 0.1) is 10.8 Å². The van der Waals surface area contributed by atoms with Gasteiger partial charge in [-0.15, -0.1) is 11.3 Å². The van der Waals surface area contributed by atoms with E-state index in [9.17, 15) is 9.59 Å². The average molecular weight is 249 g/mol. The van der Waals surface area contributed by atoms with E-state index in [1.165, 1.54) is 11.3 Å². The quantitative estimate of drug-likeness (QED) is 0.783. The van der Waals surface area contributed by atoms with E-state index in [0.717, 1.165) is 0 Å². The number of aromatic amines is 1. The van der Waals surface area contributed by atoms with E-state index in [0.29, 0.717) is 10.6 Å². The molecule has 2 heterocycles. The van der Waals surface area contributed by atoms with Crippen LogP contribution in [0.25, 0.3) is 0 Å². The van der Waals surface area contributed by atoms with Gasteiger partial charge in [0.15, 0.2) is 5.78 Å². The van der Waals surface area contributed by atoms with Crippen molar-refractivity contribution in [3.8, 4) is 0 Å². The molecule has 2 aromatic heterocycles. The number of carbonyl (C=O) groups is 2. The van der Waals surface area contributed by atoms with Crippen molar-refractivity contribution in [3.05, 3.63) is 40.3 Å². The Bertz CT molecular complexity index is 505. The van der Waals surface area contributed by atoms with E-state index in [-0.39, 0.29) is 12.2 Å². The molecule has 0 spiro atoms. The van der Waals surface area contributed by atoms with Crippen LogP contribution in [0.4, 0.5) is 0 Å². The van der Waals surface area contributed by atoms with Gasteiger partial charge in [-0.1, -0.05) is 6.07 Å². The Kier molecular flexibility index (Phi) is 3.34. The topological polar surface area (TPSA) is 88.8 Å². The van der Waals surface area contributed by atoms with Gasteiger partial charge in [0.2, 0.25) is 5.91 Å². The van der Waals surface area contributed by atoms with Crippen LogP contribution in [0, 0.1) is 0 Å². The number of thiophene rings is 1. The highest BCUT2D eigenvalue weighted by molar-refractivity contribution is 7.12. The monoisotopic (exact) mass is 249 g/mol. The number of primary amides is 1. The molecule has 2 rings (SSSR count). The number of rotatable bonds is 5. The molecular formula is C11H11N3O2S. The minimum Gasteiger partial charge on any atom is -0.370 e. The summed E-state index contributed by atoms with van der Waals surface area (Å²) in [5.74, 6) is -1.19. The van der Waals surface area contributed by atoms with E-state index in [1.54, 1.807) is 24.4 Å². The van der Waals surface area contributed by atoms with E-state index in [2.05, 4.69) is 10.2 Å². The third-order valence-corrected chi connectivity index (χ3v) is 3.27. The molecule has 5 nitrogen and oxygen atoms in total. The number of amides is 1. The second-order valence-corrected chi connectivity index (χ2v) is 4.52. The van der Waals surface area contributed by atoms with Gasteiger partial charge in [-0.3, -0.25) is 14.7 Å². The predicted molar refractivity (Wildman–Crippen MR) is 63.8 cm³/mol. The highest BCUT2D eigenvalue weighted by Crippen LogP contribution is 2.24. The van der Waals surface area contributed by atoms with Gasteiger partial charge in [0.25, 0.3) is 0 Å². The number of hydrogen-bond acceptors (Lipinski definition) is 4. The molecule has 88 valence electrons. The Morgan fingerprint density at radius 1 is 1.47 bits per heavy atom. The summed E-state index contributed by atoms with van der Waals surface area (Å²) in [6.45, 7) is 0. The Hall–Kier alpha value is -1.95.